The van der Waals surface area contributed by atoms with Crippen LogP contribution in [0.25, 0.3) is 22.3 Å². The van der Waals surface area contributed by atoms with Gasteiger partial charge in [-0.3, -0.25) is 14.8 Å². The quantitative estimate of drug-likeness (QED) is 0.0817. The van der Waals surface area contributed by atoms with Crippen LogP contribution in [-0.2, 0) is 0 Å². The van der Waals surface area contributed by atoms with Gasteiger partial charge in [-0.05, 0) is 115 Å². The lowest BCUT2D eigenvalue weighted by atomic mass is 10.0. The van der Waals surface area contributed by atoms with E-state index in [1.165, 1.54) is 105 Å². The van der Waals surface area contributed by atoms with Gasteiger partial charge in [0.05, 0.1) is 30.4 Å². The van der Waals surface area contributed by atoms with Gasteiger partial charge >= 0.3 is 24.6 Å². The maximum absolute atomic E-state index is 12.2. The first kappa shape index (κ1) is 47.9. The molecule has 0 spiro atoms. The summed E-state index contributed by atoms with van der Waals surface area (Å²) in [4.78, 5) is 30.5. The number of halogens is 6. The number of carbonyl (C=O) groups excluding carboxylic acids is 1. The van der Waals surface area contributed by atoms with Crippen LogP contribution in [0.2, 0.25) is 0 Å². The van der Waals surface area contributed by atoms with Gasteiger partial charge in [0.15, 0.2) is 0 Å². The fourth-order valence-electron chi connectivity index (χ4n) is 5.48. The highest BCUT2D eigenvalue weighted by molar-refractivity contribution is 5.99. The number of aryl methyl sites for hydroxylation is 3. The predicted molar refractivity (Wildman–Crippen MR) is 222 cm³/mol. The lowest BCUT2D eigenvalue weighted by Gasteiger charge is -2.09. The van der Waals surface area contributed by atoms with Crippen LogP contribution in [0.4, 0.5) is 26.3 Å². The fourth-order valence-corrected chi connectivity index (χ4v) is 5.48. The molecule has 7 rings (SSSR count). The van der Waals surface area contributed by atoms with Crippen molar-refractivity contribution in [2.75, 3.05) is 11.3 Å². The van der Waals surface area contributed by atoms with Gasteiger partial charge in [-0.15, -0.1) is 31.8 Å². The maximum Gasteiger partial charge on any atom is 0.573 e. The zero-order valence-electron chi connectivity index (χ0n) is 34.2. The first-order valence-corrected chi connectivity index (χ1v) is 18.7. The van der Waals surface area contributed by atoms with Gasteiger partial charge in [0, 0.05) is 5.56 Å². The lowest BCUT2D eigenvalue weighted by molar-refractivity contribution is -0.641. The van der Waals surface area contributed by atoms with Gasteiger partial charge in [-0.1, -0.05) is 75.6 Å². The number of nitrogens with zero attached hydrogens (tertiary/aromatic N) is 4. The molecule has 0 atom stereocenters. The van der Waals surface area contributed by atoms with E-state index < -0.39 is 18.7 Å². The topological polar surface area (TPSA) is 144 Å². The molecule has 5 aromatic carbocycles. The van der Waals surface area contributed by atoms with E-state index in [-0.39, 0.29) is 23.0 Å². The average Bonchev–Trinajstić information content (AvgIpc) is 3.24. The summed E-state index contributed by atoms with van der Waals surface area (Å²) in [6.07, 6.45) is 3.41. The molecule has 0 saturated carbocycles. The van der Waals surface area contributed by atoms with E-state index in [4.69, 9.17) is 10.9 Å². The minimum Gasteiger partial charge on any atom is -0.478 e. The van der Waals surface area contributed by atoms with Crippen molar-refractivity contribution >= 4 is 11.9 Å². The summed E-state index contributed by atoms with van der Waals surface area (Å²) in [7, 11) is 0. The fraction of sp³-hybridized carbons (Fsp3) is 0.130. The third-order valence-electron chi connectivity index (χ3n) is 8.70. The number of nitrogens with two attached hydrogens (primary N) is 1. The summed E-state index contributed by atoms with van der Waals surface area (Å²) in [6.45, 7) is 8.63. The minimum absolute atomic E-state index is 0.144. The number of hydrogen-bond acceptors (Lipinski definition) is 7. The largest absolute Gasteiger partial charge is 0.573 e. The Hall–Kier alpha value is -7.82. The Kier molecular flexibility index (Phi) is 16.8. The molecular formula is C46H42F6N6O5+2. The Bertz CT molecular complexity index is 2500. The van der Waals surface area contributed by atoms with Crippen LogP contribution in [0.5, 0.6) is 11.5 Å². The van der Waals surface area contributed by atoms with E-state index in [9.17, 15) is 35.9 Å². The highest BCUT2D eigenvalue weighted by atomic mass is 19.4. The zero-order chi connectivity index (χ0) is 46.2. The number of carboxylic acid groups (broad SMARTS) is 1. The van der Waals surface area contributed by atoms with Crippen molar-refractivity contribution in [3.05, 3.63) is 192 Å². The molecule has 0 aliphatic rings. The number of nitrogen functional groups attached to an aromatic ring is 1. The SMILES string of the molecule is Cc1cc(C)c(C)c(C)c1.N[n+]1ccncc1.O=C(N[n+]1ccncc1)c1ccc(-c2ccc(OC(F)(F)F)cc2)cc1.O=C(O)c1ccc(-c2ccc(OC(F)(F)F)cc2)cc1. The molecule has 7 aromatic rings. The van der Waals surface area contributed by atoms with Crippen molar-refractivity contribution in [2.45, 2.75) is 40.4 Å². The Balaban J connectivity index is 0.000000206. The summed E-state index contributed by atoms with van der Waals surface area (Å²) in [5.41, 5.74) is 11.7. The van der Waals surface area contributed by atoms with Crippen LogP contribution in [-0.4, -0.2) is 39.7 Å². The average molecular weight is 873 g/mol. The number of aromatic nitrogens is 4. The molecule has 11 nitrogen and oxygen atoms in total. The van der Waals surface area contributed by atoms with E-state index in [2.05, 4.69) is 64.7 Å². The van der Waals surface area contributed by atoms with Crippen LogP contribution in [0.15, 0.2) is 159 Å². The lowest BCUT2D eigenvalue weighted by Crippen LogP contribution is -2.47. The summed E-state index contributed by atoms with van der Waals surface area (Å²) >= 11 is 0. The monoisotopic (exact) mass is 872 g/mol. The van der Waals surface area contributed by atoms with Crippen LogP contribution < -0.4 is 30.1 Å². The summed E-state index contributed by atoms with van der Waals surface area (Å²) in [5.74, 6) is 3.31. The standard InChI is InChI=1S/C18H12F3N3O2.C14H9F3O3.C10H14.C4H6N3/c19-18(20,21)26-16-7-5-14(6-8-16)13-1-3-15(4-2-13)17(25)23-24-11-9-22-10-12-24;15-14(16,17)20-12-7-5-10(6-8-12)9-1-3-11(4-2-9)13(18)19;1-7-5-8(2)10(4)9(3)6-7;5-7-3-1-6-2-4-7/h1-12H;1-8H,(H,18,19);5-6H,1-4H3;1-4H,(H2,5,6)/q;;;+1/p+1. The number of ether oxygens (including phenoxy) is 2. The molecule has 0 aliphatic carbocycles. The number of amides is 1. The van der Waals surface area contributed by atoms with Gasteiger partial charge in [0.25, 0.3) is 0 Å². The first-order valence-electron chi connectivity index (χ1n) is 18.7. The van der Waals surface area contributed by atoms with Crippen molar-refractivity contribution in [3.8, 4) is 33.8 Å². The molecule has 0 bridgehead atoms. The van der Waals surface area contributed by atoms with Crippen molar-refractivity contribution in [1.82, 2.24) is 9.97 Å². The second kappa shape index (κ2) is 22.1. The maximum atomic E-state index is 12.2. The van der Waals surface area contributed by atoms with E-state index >= 15 is 0 Å². The molecule has 2 heterocycles. The molecule has 0 aliphatic heterocycles. The Labute approximate surface area is 358 Å². The Morgan fingerprint density at radius 1 is 0.571 bits per heavy atom. The van der Waals surface area contributed by atoms with Crippen molar-refractivity contribution in [1.29, 1.82) is 0 Å². The normalized spacial score (nSPS) is 10.6. The molecule has 2 aromatic heterocycles. The van der Waals surface area contributed by atoms with Gasteiger partial charge in [0.1, 0.15) is 11.5 Å². The Morgan fingerprint density at radius 2 is 0.921 bits per heavy atom. The van der Waals surface area contributed by atoms with Gasteiger partial charge in [-0.25, -0.2) is 10.6 Å². The number of carbonyl (C=O) groups is 2. The van der Waals surface area contributed by atoms with Gasteiger partial charge in [0.2, 0.25) is 24.8 Å². The molecule has 326 valence electrons. The number of carboxylic acids is 1. The van der Waals surface area contributed by atoms with Crippen LogP contribution in [0, 0.1) is 27.7 Å². The Morgan fingerprint density at radius 3 is 1.25 bits per heavy atom. The van der Waals surface area contributed by atoms with Crippen molar-refractivity contribution in [3.63, 3.8) is 0 Å². The van der Waals surface area contributed by atoms with E-state index in [1.807, 2.05) is 0 Å². The van der Waals surface area contributed by atoms with E-state index in [1.54, 1.807) is 73.6 Å². The minimum atomic E-state index is -4.72. The second-order valence-electron chi connectivity index (χ2n) is 13.4. The van der Waals surface area contributed by atoms with Crippen LogP contribution in [0.1, 0.15) is 43.0 Å². The molecule has 0 fully saturated rings. The molecule has 0 saturated heterocycles. The molecule has 0 radical (unpaired) electrons. The zero-order valence-corrected chi connectivity index (χ0v) is 34.2. The number of benzene rings is 5. The van der Waals surface area contributed by atoms with Gasteiger partial charge < -0.3 is 14.6 Å². The highest BCUT2D eigenvalue weighted by Gasteiger charge is 2.31. The predicted octanol–water partition coefficient (Wildman–Crippen LogP) is 9.27. The summed E-state index contributed by atoms with van der Waals surface area (Å²) in [6, 6.07) is 28.0. The molecule has 17 heteroatoms. The first-order chi connectivity index (χ1) is 29.8. The van der Waals surface area contributed by atoms with Crippen molar-refractivity contribution in [2.24, 2.45) is 0 Å². The number of aromatic carboxylic acids is 1. The molecule has 63 heavy (non-hydrogen) atoms. The molecule has 0 unspecified atom stereocenters. The smallest absolute Gasteiger partial charge is 0.478 e. The number of alkyl halides is 6. The molecule has 1 amide bonds. The molecular weight excluding hydrogens is 831 g/mol. The second-order valence-corrected chi connectivity index (χ2v) is 13.4. The van der Waals surface area contributed by atoms with Crippen LogP contribution in [0.3, 0.4) is 0 Å². The number of nitrogens with one attached hydrogen (secondary N) is 1. The summed E-state index contributed by atoms with van der Waals surface area (Å²) in [5, 5.41) is 8.77. The van der Waals surface area contributed by atoms with Crippen molar-refractivity contribution < 1.29 is 59.9 Å². The van der Waals surface area contributed by atoms with Gasteiger partial charge in [-0.2, -0.15) is 0 Å². The van der Waals surface area contributed by atoms with E-state index in [0.29, 0.717) is 22.3 Å². The molecule has 4 N–H and O–H groups in total. The van der Waals surface area contributed by atoms with Crippen LogP contribution >= 0.6 is 0 Å². The highest BCUT2D eigenvalue weighted by Crippen LogP contribution is 2.28. The third kappa shape index (κ3) is 16.6. The number of rotatable bonds is 7. The number of hydrogen-bond donors (Lipinski definition) is 3. The van der Waals surface area contributed by atoms with E-state index in [0.717, 1.165) is 5.56 Å². The third-order valence-corrected chi connectivity index (χ3v) is 8.70. The summed E-state index contributed by atoms with van der Waals surface area (Å²) < 4.78 is 83.1.